The molecule has 0 atom stereocenters. The molecule has 0 saturated heterocycles. The van der Waals surface area contributed by atoms with Crippen molar-refractivity contribution in [2.75, 3.05) is 0 Å². The summed E-state index contributed by atoms with van der Waals surface area (Å²) in [5.41, 5.74) is -0.861. The number of halogens is 3. The van der Waals surface area contributed by atoms with E-state index in [1.54, 1.807) is 0 Å². The zero-order valence-electron chi connectivity index (χ0n) is 7.68. The van der Waals surface area contributed by atoms with Crippen LogP contribution in [0.1, 0.15) is 20.8 Å². The molecule has 0 aliphatic heterocycles. The maximum Gasteiger partial charge on any atom is 0.429 e. The van der Waals surface area contributed by atoms with Crippen LogP contribution in [0.3, 0.4) is 0 Å². The van der Waals surface area contributed by atoms with Gasteiger partial charge in [-0.1, -0.05) is 13.8 Å². The normalized spacial score (nSPS) is 15.4. The van der Waals surface area contributed by atoms with Gasteiger partial charge in [-0.25, -0.2) is 0 Å². The summed E-state index contributed by atoms with van der Waals surface area (Å²) in [4.78, 5) is 3.80. The molecular formula is C8H12F3NS. The third-order valence-corrected chi connectivity index (χ3v) is 2.02. The molecule has 0 spiro atoms. The van der Waals surface area contributed by atoms with E-state index >= 15 is 0 Å². The van der Waals surface area contributed by atoms with Gasteiger partial charge in [-0.2, -0.15) is 13.2 Å². The molecule has 0 fully saturated rings. The Bertz CT molecular complexity index is 228. The van der Waals surface area contributed by atoms with Gasteiger partial charge in [0, 0.05) is 11.1 Å². The third kappa shape index (κ3) is 4.98. The van der Waals surface area contributed by atoms with Crippen LogP contribution in [0, 0.1) is 5.92 Å². The van der Waals surface area contributed by atoms with Crippen LogP contribution in [0.15, 0.2) is 16.1 Å². The van der Waals surface area contributed by atoms with Gasteiger partial charge in [0.25, 0.3) is 0 Å². The Morgan fingerprint density at radius 2 is 1.85 bits per heavy atom. The lowest BCUT2D eigenvalue weighted by Crippen LogP contribution is -2.18. The van der Waals surface area contributed by atoms with Gasteiger partial charge in [0.1, 0.15) is 5.71 Å². The van der Waals surface area contributed by atoms with Crippen LogP contribution < -0.4 is 0 Å². The number of alkyl halides is 3. The molecule has 0 heterocycles. The van der Waals surface area contributed by atoms with Crippen molar-refractivity contribution < 1.29 is 13.2 Å². The van der Waals surface area contributed by atoms with E-state index in [1.807, 2.05) is 13.8 Å². The number of rotatable bonds is 2. The number of thiol groups is 1. The minimum absolute atomic E-state index is 0.0908. The fourth-order valence-electron chi connectivity index (χ4n) is 0.385. The highest BCUT2D eigenvalue weighted by atomic mass is 32.1. The largest absolute Gasteiger partial charge is 0.429 e. The fourth-order valence-corrected chi connectivity index (χ4v) is 0.443. The van der Waals surface area contributed by atoms with E-state index < -0.39 is 11.9 Å². The van der Waals surface area contributed by atoms with Crippen molar-refractivity contribution in [1.29, 1.82) is 0 Å². The van der Waals surface area contributed by atoms with E-state index in [4.69, 9.17) is 0 Å². The number of nitrogens with zero attached hydrogens (tertiary/aromatic N) is 1. The molecule has 0 aromatic carbocycles. The van der Waals surface area contributed by atoms with Crippen LogP contribution >= 0.6 is 12.6 Å². The molecule has 0 N–H and O–H groups in total. The van der Waals surface area contributed by atoms with E-state index in [2.05, 4.69) is 17.6 Å². The molecule has 5 heteroatoms. The van der Waals surface area contributed by atoms with Crippen LogP contribution in [-0.2, 0) is 0 Å². The Kier molecular flexibility index (Phi) is 4.53. The zero-order valence-corrected chi connectivity index (χ0v) is 8.58. The first-order chi connectivity index (χ1) is 5.75. The molecule has 0 bridgehead atoms. The second-order valence-corrected chi connectivity index (χ2v) is 3.44. The summed E-state index contributed by atoms with van der Waals surface area (Å²) in [7, 11) is 0. The molecule has 0 aromatic heterocycles. The summed E-state index contributed by atoms with van der Waals surface area (Å²) < 4.78 is 35.7. The zero-order chi connectivity index (χ0) is 10.6. The highest BCUT2D eigenvalue weighted by Gasteiger charge is 2.31. The van der Waals surface area contributed by atoms with Crippen molar-refractivity contribution in [2.24, 2.45) is 10.9 Å². The molecule has 0 amide bonds. The van der Waals surface area contributed by atoms with Crippen molar-refractivity contribution in [3.63, 3.8) is 0 Å². The molecule has 1 nitrogen and oxygen atoms in total. The first kappa shape index (κ1) is 12.6. The molecule has 0 aromatic rings. The number of allylic oxidation sites excluding steroid dienone is 1. The topological polar surface area (TPSA) is 12.4 Å². The van der Waals surface area contributed by atoms with Crippen molar-refractivity contribution in [2.45, 2.75) is 26.9 Å². The number of hydrogen-bond donors (Lipinski definition) is 1. The van der Waals surface area contributed by atoms with Crippen molar-refractivity contribution in [3.05, 3.63) is 11.1 Å². The van der Waals surface area contributed by atoms with Crippen LogP contribution in [0.25, 0.3) is 0 Å². The summed E-state index contributed by atoms with van der Waals surface area (Å²) in [5, 5.41) is 0. The molecule has 0 aliphatic carbocycles. The van der Waals surface area contributed by atoms with Crippen molar-refractivity contribution in [3.8, 4) is 0 Å². The molecule has 0 radical (unpaired) electrons. The minimum Gasteiger partial charge on any atom is -0.256 e. The second-order valence-electron chi connectivity index (χ2n) is 2.92. The van der Waals surface area contributed by atoms with Gasteiger partial charge >= 0.3 is 6.18 Å². The summed E-state index contributed by atoms with van der Waals surface area (Å²) in [6.07, 6.45) is -3.21. The number of aliphatic imine (C=N–C) groups is 1. The smallest absolute Gasteiger partial charge is 0.256 e. The predicted octanol–water partition coefficient (Wildman–Crippen LogP) is 3.44. The van der Waals surface area contributed by atoms with Crippen LogP contribution in [0.2, 0.25) is 0 Å². The van der Waals surface area contributed by atoms with E-state index in [1.165, 1.54) is 0 Å². The Hall–Kier alpha value is -0.450. The van der Waals surface area contributed by atoms with Gasteiger partial charge in [-0.15, -0.1) is 12.6 Å². The first-order valence-corrected chi connectivity index (χ1v) is 4.20. The van der Waals surface area contributed by atoms with E-state index in [-0.39, 0.29) is 5.92 Å². The molecule has 0 saturated carbocycles. The molecule has 0 aliphatic rings. The lowest BCUT2D eigenvalue weighted by atomic mass is 10.2. The summed E-state index contributed by atoms with van der Waals surface area (Å²) >= 11 is 3.98. The number of hydrogen-bond acceptors (Lipinski definition) is 2. The minimum atomic E-state index is -4.35. The van der Waals surface area contributed by atoms with Crippen LogP contribution in [0.5, 0.6) is 0 Å². The summed E-state index contributed by atoms with van der Waals surface area (Å²) in [6.45, 7) is 4.59. The lowest BCUT2D eigenvalue weighted by Gasteiger charge is -2.04. The SMILES string of the molecule is CC(=N/C=C(\S)C(C)C)C(F)(F)F. The fraction of sp³-hybridized carbons (Fsp3) is 0.625. The second kappa shape index (κ2) is 4.69. The molecule has 0 rings (SSSR count). The van der Waals surface area contributed by atoms with Gasteiger partial charge < -0.3 is 0 Å². The van der Waals surface area contributed by atoms with Crippen molar-refractivity contribution >= 4 is 18.3 Å². The van der Waals surface area contributed by atoms with Gasteiger partial charge in [0.15, 0.2) is 0 Å². The Morgan fingerprint density at radius 3 is 2.15 bits per heavy atom. The average molecular weight is 211 g/mol. The Labute approximate surface area is 81.2 Å². The van der Waals surface area contributed by atoms with Gasteiger partial charge in [-0.3, -0.25) is 4.99 Å². The summed E-state index contributed by atoms with van der Waals surface area (Å²) in [5.74, 6) is 0.0908. The molecule has 13 heavy (non-hydrogen) atoms. The maximum absolute atomic E-state index is 11.9. The van der Waals surface area contributed by atoms with Crippen LogP contribution in [0.4, 0.5) is 13.2 Å². The van der Waals surface area contributed by atoms with Gasteiger partial charge in [-0.05, 0) is 12.8 Å². The van der Waals surface area contributed by atoms with Crippen LogP contribution in [-0.4, -0.2) is 11.9 Å². The quantitative estimate of drug-likeness (QED) is 0.530. The molecule has 76 valence electrons. The first-order valence-electron chi connectivity index (χ1n) is 3.75. The highest BCUT2D eigenvalue weighted by Crippen LogP contribution is 2.18. The monoisotopic (exact) mass is 211 g/mol. The van der Waals surface area contributed by atoms with E-state index in [9.17, 15) is 13.2 Å². The molecule has 0 unspecified atom stereocenters. The van der Waals surface area contributed by atoms with Gasteiger partial charge in [0.05, 0.1) is 0 Å². The molecular weight excluding hydrogens is 199 g/mol. The Morgan fingerprint density at radius 1 is 1.38 bits per heavy atom. The predicted molar refractivity (Wildman–Crippen MR) is 51.1 cm³/mol. The Balaban J connectivity index is 4.52. The van der Waals surface area contributed by atoms with Crippen molar-refractivity contribution in [1.82, 2.24) is 0 Å². The third-order valence-electron chi connectivity index (χ3n) is 1.39. The highest BCUT2D eigenvalue weighted by molar-refractivity contribution is 7.84. The summed E-state index contributed by atoms with van der Waals surface area (Å²) in [6, 6.07) is 0. The maximum atomic E-state index is 11.9. The standard InChI is InChI=1S/C8H12F3NS/c1-5(2)7(13)4-12-6(3)8(9,10)11/h4-5,13H,1-3H3/b7-4-,12-6?. The van der Waals surface area contributed by atoms with E-state index in [0.29, 0.717) is 4.91 Å². The van der Waals surface area contributed by atoms with Gasteiger partial charge in [0.2, 0.25) is 0 Å². The van der Waals surface area contributed by atoms with E-state index in [0.717, 1.165) is 13.1 Å². The lowest BCUT2D eigenvalue weighted by molar-refractivity contribution is -0.0591. The average Bonchev–Trinajstić information content (AvgIpc) is 1.97.